The molecule has 0 radical (unpaired) electrons. The van der Waals surface area contributed by atoms with Gasteiger partial charge in [0.2, 0.25) is 11.9 Å². The molecule has 6 unspecified atom stereocenters. The Morgan fingerprint density at radius 1 is 1.38 bits per heavy atom. The first-order chi connectivity index (χ1) is 13.9. The maximum absolute atomic E-state index is 12.7. The molecule has 9 nitrogen and oxygen atoms in total. The Hall–Kier alpha value is -2.13. The third-order valence-electron chi connectivity index (χ3n) is 6.26. The van der Waals surface area contributed by atoms with Crippen LogP contribution in [-0.2, 0) is 20.9 Å². The van der Waals surface area contributed by atoms with Gasteiger partial charge in [0.25, 0.3) is 0 Å². The molecule has 158 valence electrons. The van der Waals surface area contributed by atoms with Crippen LogP contribution in [0.1, 0.15) is 31.7 Å². The fraction of sp³-hybridized carbons (Fsp3) is 0.684. The molecule has 1 aliphatic carbocycles. The fourth-order valence-corrected chi connectivity index (χ4v) is 4.95. The molecule has 2 fully saturated rings. The van der Waals surface area contributed by atoms with Crippen molar-refractivity contribution in [1.82, 2.24) is 15.3 Å². The van der Waals surface area contributed by atoms with Gasteiger partial charge in [-0.25, -0.2) is 9.78 Å². The summed E-state index contributed by atoms with van der Waals surface area (Å²) in [5.74, 6) is 1.02. The van der Waals surface area contributed by atoms with Crippen LogP contribution in [0.25, 0.3) is 0 Å². The lowest BCUT2D eigenvalue weighted by Crippen LogP contribution is -2.57. The number of alkyl halides is 1. The number of cyclic esters (lactones) is 1. The van der Waals surface area contributed by atoms with Crippen LogP contribution in [0.2, 0.25) is 0 Å². The van der Waals surface area contributed by atoms with E-state index in [2.05, 4.69) is 20.6 Å². The number of hydrogen-bond acceptors (Lipinski definition) is 7. The highest BCUT2D eigenvalue weighted by molar-refractivity contribution is 6.21. The van der Waals surface area contributed by atoms with E-state index in [1.165, 1.54) is 4.90 Å². The highest BCUT2D eigenvalue weighted by Crippen LogP contribution is 2.38. The van der Waals surface area contributed by atoms with E-state index in [0.717, 1.165) is 24.8 Å². The summed E-state index contributed by atoms with van der Waals surface area (Å²) >= 11 is 6.47. The molecule has 1 saturated heterocycles. The second-order valence-electron chi connectivity index (χ2n) is 8.07. The first-order valence-electron chi connectivity index (χ1n) is 9.87. The van der Waals surface area contributed by atoms with Crippen molar-refractivity contribution in [2.45, 2.75) is 56.4 Å². The van der Waals surface area contributed by atoms with Crippen LogP contribution in [0, 0.1) is 11.8 Å². The molecule has 4 rings (SSSR count). The molecule has 10 heteroatoms. The number of ether oxygens (including phenoxy) is 2. The summed E-state index contributed by atoms with van der Waals surface area (Å²) in [7, 11) is 3.27. The Balaban J connectivity index is 1.45. The first kappa shape index (κ1) is 20.2. The van der Waals surface area contributed by atoms with Crippen molar-refractivity contribution in [3.05, 3.63) is 11.8 Å². The van der Waals surface area contributed by atoms with Gasteiger partial charge in [0, 0.05) is 32.4 Å². The lowest BCUT2D eigenvalue weighted by Gasteiger charge is -2.44. The minimum absolute atomic E-state index is 0.0211. The number of anilines is 2. The number of nitrogens with one attached hydrogen (secondary N) is 2. The van der Waals surface area contributed by atoms with Gasteiger partial charge < -0.3 is 20.1 Å². The molecule has 29 heavy (non-hydrogen) atoms. The Bertz CT molecular complexity index is 809. The molecule has 3 aliphatic rings. The zero-order valence-electron chi connectivity index (χ0n) is 16.7. The van der Waals surface area contributed by atoms with E-state index in [-0.39, 0.29) is 42.0 Å². The summed E-state index contributed by atoms with van der Waals surface area (Å²) in [6.07, 6.45) is 3.47. The highest BCUT2D eigenvalue weighted by atomic mass is 35.5. The van der Waals surface area contributed by atoms with E-state index in [0.29, 0.717) is 17.7 Å². The quantitative estimate of drug-likeness (QED) is 0.712. The monoisotopic (exact) mass is 423 g/mol. The number of amides is 2. The number of rotatable bonds is 4. The van der Waals surface area contributed by atoms with Gasteiger partial charge in [0.05, 0.1) is 23.0 Å². The molecule has 0 spiro atoms. The Morgan fingerprint density at radius 3 is 2.93 bits per heavy atom. The predicted molar refractivity (Wildman–Crippen MR) is 107 cm³/mol. The average Bonchev–Trinajstić information content (AvgIpc) is 2.70. The largest absolute Gasteiger partial charge is 0.444 e. The number of methoxy groups -OCH3 is 1. The Labute approximate surface area is 174 Å². The summed E-state index contributed by atoms with van der Waals surface area (Å²) in [6, 6.07) is -0.0747. The molecule has 2 N–H and O–H groups in total. The van der Waals surface area contributed by atoms with Gasteiger partial charge >= 0.3 is 6.09 Å². The van der Waals surface area contributed by atoms with Crippen LogP contribution in [0.15, 0.2) is 6.20 Å². The number of aromatic nitrogens is 2. The standard InChI is InChI=1S/C19H26ClN5O4/c1-9(22-18-21-7-11-8-29-19(27)25(2)16(11)24-18)12-4-10-5-13(20)15(28-3)6-14(10)23-17(12)26/h7,9-10,12-15H,4-6,8H2,1-3H3,(H,23,26)(H,21,22,24). The summed E-state index contributed by atoms with van der Waals surface area (Å²) in [5.41, 5.74) is 0.742. The van der Waals surface area contributed by atoms with Gasteiger partial charge in [-0.3, -0.25) is 9.69 Å². The molecule has 0 bridgehead atoms. The molecular weight excluding hydrogens is 398 g/mol. The molecule has 1 aromatic rings. The lowest BCUT2D eigenvalue weighted by molar-refractivity contribution is -0.131. The number of fused-ring (bicyclic) bond motifs is 2. The zero-order valence-corrected chi connectivity index (χ0v) is 17.5. The molecule has 2 aliphatic heterocycles. The topological polar surface area (TPSA) is 106 Å². The van der Waals surface area contributed by atoms with Crippen LogP contribution in [0.4, 0.5) is 16.6 Å². The molecule has 1 aromatic heterocycles. The minimum Gasteiger partial charge on any atom is -0.444 e. The summed E-state index contributed by atoms with van der Waals surface area (Å²) in [4.78, 5) is 34.6. The smallest absolute Gasteiger partial charge is 0.415 e. The van der Waals surface area contributed by atoms with Gasteiger partial charge in [0.1, 0.15) is 12.4 Å². The van der Waals surface area contributed by atoms with E-state index in [1.807, 2.05) is 6.92 Å². The second-order valence-corrected chi connectivity index (χ2v) is 8.63. The number of carbonyl (C=O) groups excluding carboxylic acids is 2. The summed E-state index contributed by atoms with van der Waals surface area (Å²) in [5, 5.41) is 6.35. The van der Waals surface area contributed by atoms with E-state index < -0.39 is 6.09 Å². The molecule has 6 atom stereocenters. The highest BCUT2D eigenvalue weighted by Gasteiger charge is 2.44. The Kier molecular flexibility index (Phi) is 5.52. The van der Waals surface area contributed by atoms with Crippen molar-refractivity contribution in [3.63, 3.8) is 0 Å². The Morgan fingerprint density at radius 2 is 2.17 bits per heavy atom. The fourth-order valence-electron chi connectivity index (χ4n) is 4.52. The number of nitrogens with zero attached hydrogens (tertiary/aromatic N) is 3. The van der Waals surface area contributed by atoms with Crippen molar-refractivity contribution in [2.24, 2.45) is 11.8 Å². The molecule has 1 saturated carbocycles. The molecular formula is C19H26ClN5O4. The van der Waals surface area contributed by atoms with E-state index in [9.17, 15) is 9.59 Å². The van der Waals surface area contributed by atoms with Gasteiger partial charge in [-0.1, -0.05) is 0 Å². The van der Waals surface area contributed by atoms with Crippen LogP contribution in [0.3, 0.4) is 0 Å². The molecule has 0 aromatic carbocycles. The van der Waals surface area contributed by atoms with Gasteiger partial charge in [-0.15, -0.1) is 11.6 Å². The summed E-state index contributed by atoms with van der Waals surface area (Å²) < 4.78 is 10.5. The normalized spacial score (nSPS) is 32.6. The minimum atomic E-state index is -0.449. The van der Waals surface area contributed by atoms with Crippen molar-refractivity contribution in [3.8, 4) is 0 Å². The summed E-state index contributed by atoms with van der Waals surface area (Å²) in [6.45, 7) is 2.11. The maximum Gasteiger partial charge on any atom is 0.415 e. The van der Waals surface area contributed by atoms with E-state index in [4.69, 9.17) is 21.1 Å². The maximum atomic E-state index is 12.7. The van der Waals surface area contributed by atoms with Gasteiger partial charge in [-0.2, -0.15) is 4.98 Å². The number of hydrogen-bond donors (Lipinski definition) is 2. The van der Waals surface area contributed by atoms with Crippen molar-refractivity contribution >= 4 is 35.4 Å². The van der Waals surface area contributed by atoms with Crippen molar-refractivity contribution in [1.29, 1.82) is 0 Å². The zero-order chi connectivity index (χ0) is 20.7. The van der Waals surface area contributed by atoms with Crippen molar-refractivity contribution < 1.29 is 19.1 Å². The first-order valence-corrected chi connectivity index (χ1v) is 10.3. The van der Waals surface area contributed by atoms with Crippen LogP contribution >= 0.6 is 11.6 Å². The molecule has 3 heterocycles. The van der Waals surface area contributed by atoms with Crippen LogP contribution in [-0.4, -0.2) is 59.7 Å². The number of piperidine rings is 1. The van der Waals surface area contributed by atoms with E-state index in [1.54, 1.807) is 20.4 Å². The van der Waals surface area contributed by atoms with Crippen molar-refractivity contribution in [2.75, 3.05) is 24.4 Å². The van der Waals surface area contributed by atoms with E-state index >= 15 is 0 Å². The van der Waals surface area contributed by atoms with Crippen LogP contribution in [0.5, 0.6) is 0 Å². The predicted octanol–water partition coefficient (Wildman–Crippen LogP) is 1.90. The number of halogens is 1. The second kappa shape index (κ2) is 7.95. The number of carbonyl (C=O) groups is 2. The SMILES string of the molecule is COC1CC2NC(=O)C(C(C)Nc3ncc4c(n3)N(C)C(=O)OC4)CC2CC1Cl. The third kappa shape index (κ3) is 3.85. The molecule has 2 amide bonds. The lowest BCUT2D eigenvalue weighted by atomic mass is 9.73. The van der Waals surface area contributed by atoms with Gasteiger partial charge in [-0.05, 0) is 32.1 Å². The third-order valence-corrected chi connectivity index (χ3v) is 6.71. The van der Waals surface area contributed by atoms with Crippen LogP contribution < -0.4 is 15.5 Å². The average molecular weight is 424 g/mol. The van der Waals surface area contributed by atoms with Gasteiger partial charge in [0.15, 0.2) is 0 Å².